The number of nitrogens with one attached hydrogen (secondary N) is 1. The molecule has 11 nitrogen and oxygen atoms in total. The number of rotatable bonds is 10. The summed E-state index contributed by atoms with van der Waals surface area (Å²) in [5, 5.41) is 0. The van der Waals surface area contributed by atoms with Crippen molar-refractivity contribution in [1.82, 2.24) is 29.0 Å². The van der Waals surface area contributed by atoms with Gasteiger partial charge in [0, 0.05) is 46.5 Å². The standard InChI is InChI=1S/C16H25NO2.C7H8N4O2.C5H9NO/c1-2-3-4-5-6-7-8-9-13-19-16(18)15-11-10-12-17-14-15;1-10-5-4(8-3-9-5)6(12)11(2)7(10)13;1-6-4-2-3-5(6)7/h10-12,14H,2-9,13H2,1H3;3H,1-2H3,(H,8,9);2-4H2,1H3. The van der Waals surface area contributed by atoms with Gasteiger partial charge in [0.1, 0.15) is 5.52 Å². The predicted molar refractivity (Wildman–Crippen MR) is 151 cm³/mol. The lowest BCUT2D eigenvalue weighted by atomic mass is 10.1. The molecule has 0 spiro atoms. The molecule has 4 heterocycles. The van der Waals surface area contributed by atoms with Crippen LogP contribution in [0.5, 0.6) is 0 Å². The molecule has 0 aromatic carbocycles. The van der Waals surface area contributed by atoms with Crippen LogP contribution in [0.2, 0.25) is 0 Å². The Hall–Kier alpha value is -3.76. The molecule has 0 atom stereocenters. The van der Waals surface area contributed by atoms with E-state index in [1.54, 1.807) is 30.3 Å². The maximum Gasteiger partial charge on any atom is 0.339 e. The first-order chi connectivity index (χ1) is 18.8. The van der Waals surface area contributed by atoms with Gasteiger partial charge in [0.15, 0.2) is 5.65 Å². The third kappa shape index (κ3) is 10.1. The van der Waals surface area contributed by atoms with Crippen molar-refractivity contribution in [3.8, 4) is 0 Å². The Morgan fingerprint density at radius 1 is 1.00 bits per heavy atom. The van der Waals surface area contributed by atoms with Crippen LogP contribution in [0.4, 0.5) is 0 Å². The number of fused-ring (bicyclic) bond motifs is 1. The van der Waals surface area contributed by atoms with E-state index in [0.29, 0.717) is 29.2 Å². The highest BCUT2D eigenvalue weighted by Crippen LogP contribution is 2.09. The lowest BCUT2D eigenvalue weighted by Gasteiger charge is -2.04. The number of aromatic amines is 1. The molecule has 1 aliphatic heterocycles. The Bertz CT molecular complexity index is 1280. The lowest BCUT2D eigenvalue weighted by Crippen LogP contribution is -2.36. The van der Waals surface area contributed by atoms with Crippen molar-refractivity contribution < 1.29 is 14.3 Å². The van der Waals surface area contributed by atoms with Crippen molar-refractivity contribution in [2.24, 2.45) is 14.1 Å². The van der Waals surface area contributed by atoms with Gasteiger partial charge in [0.25, 0.3) is 5.56 Å². The van der Waals surface area contributed by atoms with Crippen molar-refractivity contribution in [2.45, 2.75) is 71.1 Å². The van der Waals surface area contributed by atoms with E-state index in [-0.39, 0.29) is 17.2 Å². The first-order valence-corrected chi connectivity index (χ1v) is 13.7. The quantitative estimate of drug-likeness (QED) is 0.306. The Kier molecular flexibility index (Phi) is 13.7. The number of amides is 1. The maximum absolute atomic E-state index is 11.6. The van der Waals surface area contributed by atoms with Gasteiger partial charge in [0.05, 0.1) is 18.5 Å². The highest BCUT2D eigenvalue weighted by Gasteiger charge is 2.14. The highest BCUT2D eigenvalue weighted by molar-refractivity contribution is 5.88. The number of carbonyl (C=O) groups is 2. The number of imidazole rings is 1. The van der Waals surface area contributed by atoms with Gasteiger partial charge in [-0.05, 0) is 25.0 Å². The van der Waals surface area contributed by atoms with Crippen LogP contribution in [0.3, 0.4) is 0 Å². The molecule has 11 heteroatoms. The second-order valence-electron chi connectivity index (χ2n) is 9.58. The van der Waals surface area contributed by atoms with E-state index in [4.69, 9.17) is 4.74 Å². The van der Waals surface area contributed by atoms with Crippen LogP contribution in [0, 0.1) is 0 Å². The molecule has 4 rings (SSSR count). The second kappa shape index (κ2) is 17.0. The molecule has 1 saturated heterocycles. The van der Waals surface area contributed by atoms with Gasteiger partial charge in [-0.1, -0.05) is 51.9 Å². The molecule has 0 aliphatic carbocycles. The fourth-order valence-electron chi connectivity index (χ4n) is 4.02. The van der Waals surface area contributed by atoms with Gasteiger partial charge >= 0.3 is 11.7 Å². The summed E-state index contributed by atoms with van der Waals surface area (Å²) in [6.07, 6.45) is 16.4. The number of hydrogen-bond donors (Lipinski definition) is 1. The number of unbranched alkanes of at least 4 members (excludes halogenated alkanes) is 7. The molecule has 3 aromatic heterocycles. The first-order valence-electron chi connectivity index (χ1n) is 13.7. The number of nitrogens with zero attached hydrogens (tertiary/aromatic N) is 5. The minimum atomic E-state index is -0.371. The number of esters is 1. The average Bonchev–Trinajstić information content (AvgIpc) is 3.60. The molecule has 1 aliphatic rings. The third-order valence-electron chi connectivity index (χ3n) is 6.47. The first kappa shape index (κ1) is 31.5. The number of aryl methyl sites for hydroxylation is 1. The van der Waals surface area contributed by atoms with Crippen molar-refractivity contribution in [3.63, 3.8) is 0 Å². The Labute approximate surface area is 229 Å². The molecule has 0 radical (unpaired) electrons. The molecule has 1 fully saturated rings. The van der Waals surface area contributed by atoms with Gasteiger partial charge in [0.2, 0.25) is 5.91 Å². The number of pyridine rings is 1. The number of aromatic nitrogens is 5. The zero-order valence-corrected chi connectivity index (χ0v) is 23.6. The molecular weight excluding hydrogens is 500 g/mol. The topological polar surface area (TPSA) is 132 Å². The monoisotopic (exact) mass is 542 g/mol. The number of carbonyl (C=O) groups excluding carboxylic acids is 2. The molecule has 0 bridgehead atoms. The van der Waals surface area contributed by atoms with Crippen molar-refractivity contribution in [3.05, 3.63) is 57.3 Å². The summed E-state index contributed by atoms with van der Waals surface area (Å²) in [4.78, 5) is 57.1. The van der Waals surface area contributed by atoms with E-state index < -0.39 is 0 Å². The Morgan fingerprint density at radius 2 is 1.69 bits per heavy atom. The minimum Gasteiger partial charge on any atom is -0.462 e. The molecular formula is C28H42N6O5. The van der Waals surface area contributed by atoms with Gasteiger partial charge in [-0.3, -0.25) is 23.7 Å². The summed E-state index contributed by atoms with van der Waals surface area (Å²) in [7, 11) is 4.85. The molecule has 3 aromatic rings. The summed E-state index contributed by atoms with van der Waals surface area (Å²) in [5.41, 5.74) is 0.542. The van der Waals surface area contributed by atoms with Crippen LogP contribution in [0.1, 0.15) is 81.5 Å². The van der Waals surface area contributed by atoms with Crippen molar-refractivity contribution >= 4 is 23.0 Å². The SMILES string of the molecule is CCCCCCCCCCOC(=O)c1cccnc1.CN1CCCC1=O.Cn1c(=O)c2[nH]cnc2n(C)c1=O. The largest absolute Gasteiger partial charge is 0.462 e. The van der Waals surface area contributed by atoms with Crippen molar-refractivity contribution in [1.29, 1.82) is 0 Å². The van der Waals surface area contributed by atoms with Crippen LogP contribution in [-0.4, -0.2) is 61.1 Å². The van der Waals surface area contributed by atoms with Gasteiger partial charge in [-0.25, -0.2) is 14.6 Å². The molecule has 214 valence electrons. The minimum absolute atomic E-state index is 0.268. The van der Waals surface area contributed by atoms with E-state index in [2.05, 4.69) is 21.9 Å². The van der Waals surface area contributed by atoms with E-state index in [1.165, 1.54) is 62.7 Å². The van der Waals surface area contributed by atoms with Gasteiger partial charge < -0.3 is 14.6 Å². The third-order valence-corrected chi connectivity index (χ3v) is 6.47. The molecule has 39 heavy (non-hydrogen) atoms. The second-order valence-corrected chi connectivity index (χ2v) is 9.58. The Balaban J connectivity index is 0.000000228. The fraction of sp³-hybridized carbons (Fsp3) is 0.571. The zero-order valence-electron chi connectivity index (χ0n) is 23.6. The van der Waals surface area contributed by atoms with Gasteiger partial charge in [-0.2, -0.15) is 0 Å². The zero-order chi connectivity index (χ0) is 28.6. The molecule has 0 saturated carbocycles. The van der Waals surface area contributed by atoms with Crippen LogP contribution < -0.4 is 11.2 Å². The molecule has 0 unspecified atom stereocenters. The number of likely N-dealkylation sites (tertiary alicyclic amines) is 1. The maximum atomic E-state index is 11.6. The number of hydrogen-bond acceptors (Lipinski definition) is 7. The lowest BCUT2D eigenvalue weighted by molar-refractivity contribution is -0.126. The predicted octanol–water partition coefficient (Wildman–Crippen LogP) is 3.58. The van der Waals surface area contributed by atoms with Crippen LogP contribution in [0.25, 0.3) is 11.2 Å². The summed E-state index contributed by atoms with van der Waals surface area (Å²) in [6.45, 7) is 3.71. The number of H-pyrrole nitrogens is 1. The summed E-state index contributed by atoms with van der Waals surface area (Å²) >= 11 is 0. The van der Waals surface area contributed by atoms with Crippen LogP contribution >= 0.6 is 0 Å². The van der Waals surface area contributed by atoms with E-state index >= 15 is 0 Å². The van der Waals surface area contributed by atoms with Gasteiger partial charge in [-0.15, -0.1) is 0 Å². The fourth-order valence-corrected chi connectivity index (χ4v) is 4.02. The van der Waals surface area contributed by atoms with Crippen LogP contribution in [0.15, 0.2) is 40.4 Å². The molecule has 1 amide bonds. The van der Waals surface area contributed by atoms with Crippen LogP contribution in [-0.2, 0) is 23.6 Å². The summed E-state index contributed by atoms with van der Waals surface area (Å²) < 4.78 is 7.56. The number of ether oxygens (including phenoxy) is 1. The smallest absolute Gasteiger partial charge is 0.339 e. The van der Waals surface area contributed by atoms with E-state index in [1.807, 2.05) is 7.05 Å². The summed E-state index contributed by atoms with van der Waals surface area (Å²) in [6, 6.07) is 3.47. The average molecular weight is 543 g/mol. The highest BCUT2D eigenvalue weighted by atomic mass is 16.5. The van der Waals surface area contributed by atoms with E-state index in [9.17, 15) is 19.2 Å². The normalized spacial score (nSPS) is 12.5. The van der Waals surface area contributed by atoms with Crippen molar-refractivity contribution in [2.75, 3.05) is 20.2 Å². The summed E-state index contributed by atoms with van der Waals surface area (Å²) in [5.74, 6) is 0.0241. The Morgan fingerprint density at radius 3 is 2.26 bits per heavy atom. The molecule has 1 N–H and O–H groups in total. The van der Waals surface area contributed by atoms with E-state index in [0.717, 1.165) is 36.8 Å².